The molecule has 0 aliphatic carbocycles. The summed E-state index contributed by atoms with van der Waals surface area (Å²) in [5, 5.41) is 0. The third kappa shape index (κ3) is 2.87. The quantitative estimate of drug-likeness (QED) is 0.493. The monoisotopic (exact) mass is 212 g/mol. The minimum absolute atomic E-state index is 0.186. The Morgan fingerprint density at radius 2 is 1.75 bits per heavy atom. The highest BCUT2D eigenvalue weighted by Crippen LogP contribution is 2.18. The molecule has 0 radical (unpaired) electrons. The van der Waals surface area contributed by atoms with Crippen LogP contribution in [0.5, 0.6) is 0 Å². The Balaban J connectivity index is 4.40. The van der Waals surface area contributed by atoms with Gasteiger partial charge in [-0.15, -0.1) is 0 Å². The van der Waals surface area contributed by atoms with Gasteiger partial charge in [-0.25, -0.2) is 9.21 Å². The molecule has 0 heterocycles. The Hall–Kier alpha value is -0.480. The highest BCUT2D eigenvalue weighted by molar-refractivity contribution is 6.31. The average molecular weight is 213 g/mol. The molecule has 0 rings (SSSR count). The van der Waals surface area contributed by atoms with Crippen molar-refractivity contribution in [3.8, 4) is 0 Å². The molecule has 0 N–H and O–H groups in total. The zero-order valence-electron chi connectivity index (χ0n) is 7.04. The van der Waals surface area contributed by atoms with E-state index in [2.05, 4.69) is 0 Å². The molecule has 0 saturated heterocycles. The molecule has 0 fully saturated rings. The Labute approximate surface area is 81.2 Å². The molecule has 0 saturated carbocycles. The molecule has 0 aromatic rings. The van der Waals surface area contributed by atoms with Crippen molar-refractivity contribution in [3.63, 3.8) is 0 Å². The summed E-state index contributed by atoms with van der Waals surface area (Å²) in [4.78, 5) is 21.1. The maximum absolute atomic E-state index is 11.1. The van der Waals surface area contributed by atoms with Crippen molar-refractivity contribution in [3.05, 3.63) is 0 Å². The predicted molar refractivity (Wildman–Crippen MR) is 46.6 cm³/mol. The lowest BCUT2D eigenvalue weighted by molar-refractivity contribution is -0.112. The van der Waals surface area contributed by atoms with Gasteiger partial charge in [0.05, 0.1) is 5.54 Å². The average Bonchev–Trinajstić information content (AvgIpc) is 1.98. The number of hydrogen-bond acceptors (Lipinski definition) is 2. The third-order valence-corrected chi connectivity index (χ3v) is 1.91. The maximum atomic E-state index is 11.1. The smallest absolute Gasteiger partial charge is 0.277 e. The van der Waals surface area contributed by atoms with E-state index in [1.165, 1.54) is 0 Å². The van der Waals surface area contributed by atoms with Gasteiger partial charge in [0.1, 0.15) is 0 Å². The van der Waals surface area contributed by atoms with E-state index in [1.54, 1.807) is 20.8 Å². The number of hydrogen-bond donors (Lipinski definition) is 0. The van der Waals surface area contributed by atoms with Gasteiger partial charge in [0.2, 0.25) is 6.41 Å². The molecule has 0 atom stereocenters. The number of nitrogens with zero attached hydrogens (tertiary/aromatic N) is 2. The fourth-order valence-corrected chi connectivity index (χ4v) is 0.612. The fourth-order valence-electron chi connectivity index (χ4n) is 0.416. The molecule has 3 amide bonds. The third-order valence-electron chi connectivity index (χ3n) is 1.03. The van der Waals surface area contributed by atoms with E-state index in [0.29, 0.717) is 4.42 Å². The molecule has 70 valence electrons. The molecule has 4 nitrogen and oxygen atoms in total. The first kappa shape index (κ1) is 11.5. The first-order chi connectivity index (χ1) is 5.30. The number of rotatable bonds is 1. The molecular weight excluding hydrogens is 203 g/mol. The van der Waals surface area contributed by atoms with Gasteiger partial charge in [0, 0.05) is 23.6 Å². The second-order valence-corrected chi connectivity index (χ2v) is 3.85. The zero-order chi connectivity index (χ0) is 9.94. The highest BCUT2D eigenvalue weighted by atomic mass is 35.5. The van der Waals surface area contributed by atoms with Gasteiger partial charge >= 0.3 is 6.03 Å². The van der Waals surface area contributed by atoms with E-state index in [0.717, 1.165) is 4.42 Å². The highest BCUT2D eigenvalue weighted by Gasteiger charge is 2.28. The Morgan fingerprint density at radius 1 is 1.33 bits per heavy atom. The molecule has 0 unspecified atom stereocenters. The van der Waals surface area contributed by atoms with Gasteiger partial charge in [-0.3, -0.25) is 4.79 Å². The molecule has 6 heteroatoms. The van der Waals surface area contributed by atoms with Crippen molar-refractivity contribution >= 4 is 36.0 Å². The van der Waals surface area contributed by atoms with Gasteiger partial charge in [-0.2, -0.15) is 4.42 Å². The van der Waals surface area contributed by atoms with E-state index in [4.69, 9.17) is 23.6 Å². The van der Waals surface area contributed by atoms with Crippen molar-refractivity contribution in [2.45, 2.75) is 26.3 Å². The topological polar surface area (TPSA) is 40.6 Å². The van der Waals surface area contributed by atoms with Gasteiger partial charge < -0.3 is 0 Å². The summed E-state index contributed by atoms with van der Waals surface area (Å²) in [6.07, 6.45) is 0.186. The SMILES string of the molecule is CC(C)(C)N(Cl)C(=O)N(Cl)C=O. The van der Waals surface area contributed by atoms with Gasteiger partial charge in [0.15, 0.2) is 0 Å². The predicted octanol–water partition coefficient (Wildman–Crippen LogP) is 1.97. The van der Waals surface area contributed by atoms with E-state index < -0.39 is 11.6 Å². The molecule has 0 spiro atoms. The number of urea groups is 1. The van der Waals surface area contributed by atoms with Crippen LogP contribution in [0.3, 0.4) is 0 Å². The lowest BCUT2D eigenvalue weighted by atomic mass is 10.1. The van der Waals surface area contributed by atoms with Crippen LogP contribution in [0, 0.1) is 0 Å². The summed E-state index contributed by atoms with van der Waals surface area (Å²) in [6, 6.07) is -0.763. The number of imide groups is 1. The van der Waals surface area contributed by atoms with Crippen LogP contribution in [-0.4, -0.2) is 26.8 Å². The maximum Gasteiger partial charge on any atom is 0.356 e. The molecule has 0 aliphatic heterocycles. The minimum Gasteiger partial charge on any atom is -0.277 e. The fraction of sp³-hybridized carbons (Fsp3) is 0.667. The summed E-state index contributed by atoms with van der Waals surface area (Å²) < 4.78 is 1.21. The summed E-state index contributed by atoms with van der Waals surface area (Å²) in [5.74, 6) is 0. The summed E-state index contributed by atoms with van der Waals surface area (Å²) in [6.45, 7) is 5.15. The van der Waals surface area contributed by atoms with Crippen LogP contribution in [0.2, 0.25) is 0 Å². The van der Waals surface area contributed by atoms with Crippen LogP contribution < -0.4 is 0 Å². The van der Waals surface area contributed by atoms with Crippen molar-refractivity contribution in [1.29, 1.82) is 0 Å². The molecule has 0 aromatic heterocycles. The van der Waals surface area contributed by atoms with E-state index >= 15 is 0 Å². The summed E-state index contributed by atoms with van der Waals surface area (Å²) in [5.41, 5.74) is -0.575. The minimum atomic E-state index is -0.763. The number of amides is 3. The van der Waals surface area contributed by atoms with E-state index in [9.17, 15) is 9.59 Å². The second kappa shape index (κ2) is 3.96. The number of halogens is 2. The van der Waals surface area contributed by atoms with Crippen LogP contribution in [0.4, 0.5) is 4.79 Å². The van der Waals surface area contributed by atoms with Crippen LogP contribution in [0.15, 0.2) is 0 Å². The van der Waals surface area contributed by atoms with Crippen molar-refractivity contribution in [1.82, 2.24) is 8.84 Å². The second-order valence-electron chi connectivity index (χ2n) is 3.15. The van der Waals surface area contributed by atoms with Crippen molar-refractivity contribution < 1.29 is 9.59 Å². The van der Waals surface area contributed by atoms with E-state index in [-0.39, 0.29) is 6.41 Å². The van der Waals surface area contributed by atoms with Gasteiger partial charge in [-0.1, -0.05) is 0 Å². The Morgan fingerprint density at radius 3 is 2.00 bits per heavy atom. The zero-order valence-corrected chi connectivity index (χ0v) is 8.56. The first-order valence-electron chi connectivity index (χ1n) is 3.21. The van der Waals surface area contributed by atoms with Crippen LogP contribution in [0.25, 0.3) is 0 Å². The Kier molecular flexibility index (Phi) is 3.80. The standard InChI is InChI=1S/C6H10Cl2N2O2/c1-6(2,3)10(8)5(12)9(7)4-11/h4H,1-3H3. The lowest BCUT2D eigenvalue weighted by Crippen LogP contribution is -2.43. The number of carbonyl (C=O) groups excluding carboxylic acids is 2. The molecule has 0 aliphatic rings. The van der Waals surface area contributed by atoms with Gasteiger partial charge in [-0.05, 0) is 20.8 Å². The van der Waals surface area contributed by atoms with Gasteiger partial charge in [0.25, 0.3) is 0 Å². The van der Waals surface area contributed by atoms with Crippen molar-refractivity contribution in [2.24, 2.45) is 0 Å². The van der Waals surface area contributed by atoms with Crippen molar-refractivity contribution in [2.75, 3.05) is 0 Å². The molecule has 12 heavy (non-hydrogen) atoms. The normalized spacial score (nSPS) is 10.8. The number of carbonyl (C=O) groups is 2. The largest absolute Gasteiger partial charge is 0.356 e. The summed E-state index contributed by atoms with van der Waals surface area (Å²) in [7, 11) is 0. The lowest BCUT2D eigenvalue weighted by Gasteiger charge is -2.29. The first-order valence-corrected chi connectivity index (χ1v) is 3.88. The molecular formula is C6H10Cl2N2O2. The molecule has 0 aromatic carbocycles. The van der Waals surface area contributed by atoms with Crippen LogP contribution in [-0.2, 0) is 4.79 Å². The summed E-state index contributed by atoms with van der Waals surface area (Å²) >= 11 is 10.8. The van der Waals surface area contributed by atoms with E-state index in [1.807, 2.05) is 0 Å². The molecule has 0 bridgehead atoms. The Bertz CT molecular complexity index is 190. The van der Waals surface area contributed by atoms with Crippen LogP contribution >= 0.6 is 23.6 Å². The van der Waals surface area contributed by atoms with Crippen LogP contribution in [0.1, 0.15) is 20.8 Å².